The van der Waals surface area contributed by atoms with Gasteiger partial charge in [0.1, 0.15) is 0 Å². The molecule has 3 aliphatic rings. The monoisotopic (exact) mass is 279 g/mol. The lowest BCUT2D eigenvalue weighted by Crippen LogP contribution is -2.51. The molecule has 3 rings (SSSR count). The van der Waals surface area contributed by atoms with Crippen molar-refractivity contribution in [2.75, 3.05) is 39.3 Å². The van der Waals surface area contributed by atoms with Crippen molar-refractivity contribution in [3.63, 3.8) is 0 Å². The van der Waals surface area contributed by atoms with Gasteiger partial charge in [-0.2, -0.15) is 0 Å². The first-order chi connectivity index (χ1) is 9.80. The van der Waals surface area contributed by atoms with Gasteiger partial charge in [0.25, 0.3) is 0 Å². The van der Waals surface area contributed by atoms with E-state index in [9.17, 15) is 0 Å². The van der Waals surface area contributed by atoms with E-state index in [1.54, 1.807) is 6.42 Å². The van der Waals surface area contributed by atoms with Gasteiger partial charge in [0, 0.05) is 38.8 Å². The first kappa shape index (κ1) is 14.8. The zero-order valence-electron chi connectivity index (χ0n) is 13.3. The van der Waals surface area contributed by atoms with E-state index in [-0.39, 0.29) is 0 Å². The van der Waals surface area contributed by atoms with Crippen molar-refractivity contribution in [1.29, 1.82) is 0 Å². The van der Waals surface area contributed by atoms with E-state index in [2.05, 4.69) is 16.7 Å². The number of hydrogen-bond donors (Lipinski definition) is 1. The van der Waals surface area contributed by atoms with Gasteiger partial charge in [-0.05, 0) is 56.4 Å². The molecular formula is C17H33N3. The molecule has 2 saturated carbocycles. The molecule has 2 aliphatic carbocycles. The van der Waals surface area contributed by atoms with Crippen molar-refractivity contribution in [1.82, 2.24) is 9.80 Å². The summed E-state index contributed by atoms with van der Waals surface area (Å²) in [5, 5.41) is 0. The molecule has 0 amide bonds. The fraction of sp³-hybridized carbons (Fsp3) is 1.00. The Labute approximate surface area is 124 Å². The van der Waals surface area contributed by atoms with E-state index in [1.807, 2.05) is 0 Å². The average molecular weight is 279 g/mol. The molecule has 3 fully saturated rings. The maximum absolute atomic E-state index is 5.75. The third kappa shape index (κ3) is 3.20. The predicted octanol–water partition coefficient (Wildman–Crippen LogP) is 2.17. The molecule has 3 nitrogen and oxygen atoms in total. The van der Waals surface area contributed by atoms with Gasteiger partial charge in [0.15, 0.2) is 0 Å². The van der Waals surface area contributed by atoms with Gasteiger partial charge in [-0.15, -0.1) is 0 Å². The van der Waals surface area contributed by atoms with Crippen LogP contribution in [0, 0.1) is 17.8 Å². The van der Waals surface area contributed by atoms with Crippen molar-refractivity contribution < 1.29 is 0 Å². The summed E-state index contributed by atoms with van der Waals surface area (Å²) in [5.74, 6) is 3.21. The number of nitrogens with two attached hydrogens (primary N) is 1. The molecule has 2 N–H and O–H groups in total. The van der Waals surface area contributed by atoms with Crippen LogP contribution in [0.5, 0.6) is 0 Å². The Kier molecular flexibility index (Phi) is 5.00. The second kappa shape index (κ2) is 6.76. The maximum Gasteiger partial charge on any atom is 0.0113 e. The maximum atomic E-state index is 5.75. The highest BCUT2D eigenvalue weighted by Crippen LogP contribution is 2.48. The van der Waals surface area contributed by atoms with Crippen LogP contribution in [0.2, 0.25) is 0 Å². The number of fused-ring (bicyclic) bond motifs is 2. The smallest absolute Gasteiger partial charge is 0.0113 e. The van der Waals surface area contributed by atoms with Gasteiger partial charge in [-0.3, -0.25) is 4.90 Å². The van der Waals surface area contributed by atoms with E-state index in [4.69, 9.17) is 5.73 Å². The van der Waals surface area contributed by atoms with Crippen LogP contribution in [-0.4, -0.2) is 55.1 Å². The predicted molar refractivity (Wildman–Crippen MR) is 84.7 cm³/mol. The fourth-order valence-corrected chi connectivity index (χ4v) is 5.08. The van der Waals surface area contributed by atoms with Crippen LogP contribution < -0.4 is 5.73 Å². The van der Waals surface area contributed by atoms with E-state index in [0.717, 1.165) is 30.3 Å². The molecule has 0 radical (unpaired) electrons. The summed E-state index contributed by atoms with van der Waals surface area (Å²) < 4.78 is 0. The minimum atomic E-state index is 0.727. The molecule has 0 aromatic carbocycles. The summed E-state index contributed by atoms with van der Waals surface area (Å²) in [5.41, 5.74) is 5.75. The molecule has 4 unspecified atom stereocenters. The molecule has 0 aromatic heterocycles. The fourth-order valence-electron chi connectivity index (χ4n) is 5.08. The summed E-state index contributed by atoms with van der Waals surface area (Å²) in [6.07, 6.45) is 8.58. The first-order valence-electron chi connectivity index (χ1n) is 8.96. The van der Waals surface area contributed by atoms with Crippen molar-refractivity contribution in [3.05, 3.63) is 0 Å². The average Bonchev–Trinajstić information content (AvgIpc) is 3.08. The van der Waals surface area contributed by atoms with Crippen LogP contribution in [0.3, 0.4) is 0 Å². The highest BCUT2D eigenvalue weighted by atomic mass is 15.3. The zero-order valence-corrected chi connectivity index (χ0v) is 13.3. The Morgan fingerprint density at radius 1 is 1.10 bits per heavy atom. The molecule has 1 heterocycles. The standard InChI is InChI=1S/C17H33N3/c1-2-17(5-6-18)20-9-7-19(8-10-20)13-16-12-14-3-4-15(16)11-14/h14-17H,2-13,18H2,1H3. The first-order valence-corrected chi connectivity index (χ1v) is 8.96. The van der Waals surface area contributed by atoms with Gasteiger partial charge in [-0.25, -0.2) is 0 Å². The summed E-state index contributed by atoms with van der Waals surface area (Å²) in [6.45, 7) is 9.64. The van der Waals surface area contributed by atoms with Crippen LogP contribution in [0.15, 0.2) is 0 Å². The molecule has 20 heavy (non-hydrogen) atoms. The Bertz CT molecular complexity index is 299. The normalized spacial score (nSPS) is 36.6. The second-order valence-corrected chi connectivity index (χ2v) is 7.41. The second-order valence-electron chi connectivity index (χ2n) is 7.41. The van der Waals surface area contributed by atoms with Gasteiger partial charge in [0.2, 0.25) is 0 Å². The topological polar surface area (TPSA) is 32.5 Å². The van der Waals surface area contributed by atoms with Crippen LogP contribution >= 0.6 is 0 Å². The molecule has 1 aliphatic heterocycles. The number of hydrogen-bond acceptors (Lipinski definition) is 3. The van der Waals surface area contributed by atoms with Crippen LogP contribution in [0.4, 0.5) is 0 Å². The summed E-state index contributed by atoms with van der Waals surface area (Å²) >= 11 is 0. The molecule has 4 atom stereocenters. The van der Waals surface area contributed by atoms with Gasteiger partial charge in [0.05, 0.1) is 0 Å². The Morgan fingerprint density at radius 3 is 2.45 bits per heavy atom. The largest absolute Gasteiger partial charge is 0.330 e. The van der Waals surface area contributed by atoms with Crippen molar-refractivity contribution >= 4 is 0 Å². The van der Waals surface area contributed by atoms with Crippen molar-refractivity contribution in [3.8, 4) is 0 Å². The van der Waals surface area contributed by atoms with E-state index >= 15 is 0 Å². The zero-order chi connectivity index (χ0) is 13.9. The molecule has 3 heteroatoms. The molecular weight excluding hydrogens is 246 g/mol. The summed E-state index contributed by atoms with van der Waals surface area (Å²) in [6, 6.07) is 0.727. The van der Waals surface area contributed by atoms with Crippen LogP contribution in [0.25, 0.3) is 0 Å². The number of rotatable bonds is 6. The summed E-state index contributed by atoms with van der Waals surface area (Å²) in [4.78, 5) is 5.43. The molecule has 0 aromatic rings. The van der Waals surface area contributed by atoms with Crippen molar-refractivity contribution in [2.24, 2.45) is 23.5 Å². The number of piperazine rings is 1. The molecule has 2 bridgehead atoms. The lowest BCUT2D eigenvalue weighted by Gasteiger charge is -2.40. The molecule has 116 valence electrons. The highest BCUT2D eigenvalue weighted by Gasteiger charge is 2.40. The Hall–Kier alpha value is -0.120. The van der Waals surface area contributed by atoms with Crippen LogP contribution in [0.1, 0.15) is 45.4 Å². The quantitative estimate of drug-likeness (QED) is 0.809. The van der Waals surface area contributed by atoms with E-state index in [0.29, 0.717) is 0 Å². The lowest BCUT2D eigenvalue weighted by molar-refractivity contribution is 0.0745. The molecule has 0 spiro atoms. The van der Waals surface area contributed by atoms with E-state index < -0.39 is 0 Å². The minimum Gasteiger partial charge on any atom is -0.330 e. The van der Waals surface area contributed by atoms with E-state index in [1.165, 1.54) is 64.8 Å². The third-order valence-corrected chi connectivity index (χ3v) is 6.27. The SMILES string of the molecule is CCC(CCN)N1CCN(CC2CC3CCC2C3)CC1. The highest BCUT2D eigenvalue weighted by molar-refractivity contribution is 4.92. The van der Waals surface area contributed by atoms with Gasteiger partial charge in [-0.1, -0.05) is 13.3 Å². The Morgan fingerprint density at radius 2 is 1.90 bits per heavy atom. The van der Waals surface area contributed by atoms with Gasteiger partial charge >= 0.3 is 0 Å². The van der Waals surface area contributed by atoms with Crippen LogP contribution in [-0.2, 0) is 0 Å². The minimum absolute atomic E-state index is 0.727. The van der Waals surface area contributed by atoms with Gasteiger partial charge < -0.3 is 10.6 Å². The Balaban J connectivity index is 1.42. The van der Waals surface area contributed by atoms with Crippen molar-refractivity contribution in [2.45, 2.75) is 51.5 Å². The molecule has 1 saturated heterocycles. The number of nitrogens with zero attached hydrogens (tertiary/aromatic N) is 2. The lowest BCUT2D eigenvalue weighted by atomic mass is 9.88. The summed E-state index contributed by atoms with van der Waals surface area (Å²) in [7, 11) is 0. The third-order valence-electron chi connectivity index (χ3n) is 6.27.